The Kier molecular flexibility index (Phi) is 5.00. The Hall–Kier alpha value is -2.77. The van der Waals surface area contributed by atoms with Gasteiger partial charge in [0, 0.05) is 43.5 Å². The number of anilines is 1. The number of hydrogen-bond donors (Lipinski definition) is 3. The van der Waals surface area contributed by atoms with Crippen LogP contribution < -0.4 is 21.4 Å². The number of halogens is 1. The molecule has 2 unspecified atom stereocenters. The largest absolute Gasteiger partial charge is 0.353 e. The van der Waals surface area contributed by atoms with Crippen LogP contribution in [0.3, 0.4) is 0 Å². The molecule has 1 aliphatic heterocycles. The molecule has 1 aliphatic carbocycles. The van der Waals surface area contributed by atoms with Crippen molar-refractivity contribution < 1.29 is 4.39 Å². The minimum atomic E-state index is -0.478. The van der Waals surface area contributed by atoms with E-state index in [9.17, 15) is 9.18 Å². The van der Waals surface area contributed by atoms with E-state index < -0.39 is 5.82 Å². The van der Waals surface area contributed by atoms with E-state index in [1.165, 1.54) is 17.2 Å². The highest BCUT2D eigenvalue weighted by Gasteiger charge is 2.24. The third-order valence-electron chi connectivity index (χ3n) is 6.31. The third-order valence-corrected chi connectivity index (χ3v) is 6.31. The van der Waals surface area contributed by atoms with Crippen molar-refractivity contribution in [2.75, 3.05) is 18.0 Å². The van der Waals surface area contributed by atoms with Gasteiger partial charge in [0.25, 0.3) is 0 Å². The molecule has 0 amide bonds. The summed E-state index contributed by atoms with van der Waals surface area (Å²) < 4.78 is 14.7. The molecule has 2 atom stereocenters. The summed E-state index contributed by atoms with van der Waals surface area (Å²) in [6.45, 7) is 1.67. The zero-order chi connectivity index (χ0) is 20.7. The van der Waals surface area contributed by atoms with Gasteiger partial charge in [-0.05, 0) is 42.9 Å². The Balaban J connectivity index is 1.40. The fourth-order valence-electron chi connectivity index (χ4n) is 4.69. The third kappa shape index (κ3) is 3.48. The van der Waals surface area contributed by atoms with Crippen molar-refractivity contribution in [2.24, 2.45) is 5.73 Å². The lowest BCUT2D eigenvalue weighted by Crippen LogP contribution is -2.28. The van der Waals surface area contributed by atoms with Gasteiger partial charge in [-0.1, -0.05) is 24.3 Å². The molecular weight excluding hydrogens is 381 g/mol. The summed E-state index contributed by atoms with van der Waals surface area (Å²) in [5, 5.41) is 3.80. The average molecular weight is 407 g/mol. The first-order valence-corrected chi connectivity index (χ1v) is 10.6. The minimum absolute atomic E-state index is 0.0271. The maximum absolute atomic E-state index is 14.7. The lowest BCUT2D eigenvalue weighted by molar-refractivity contribution is 0.458. The number of fused-ring (bicyclic) bond motifs is 2. The van der Waals surface area contributed by atoms with Gasteiger partial charge in [-0.15, -0.1) is 0 Å². The van der Waals surface area contributed by atoms with Crippen molar-refractivity contribution in [3.63, 3.8) is 0 Å². The fourth-order valence-corrected chi connectivity index (χ4v) is 4.69. The van der Waals surface area contributed by atoms with Crippen LogP contribution >= 0.6 is 0 Å². The monoisotopic (exact) mass is 407 g/mol. The Morgan fingerprint density at radius 3 is 3.00 bits per heavy atom. The summed E-state index contributed by atoms with van der Waals surface area (Å²) in [6.07, 6.45) is 5.77. The number of nitrogens with two attached hydrogens (primary N) is 1. The smallest absolute Gasteiger partial charge is 0.195 e. The molecule has 0 bridgehead atoms. The summed E-state index contributed by atoms with van der Waals surface area (Å²) in [7, 11) is 0. The van der Waals surface area contributed by atoms with Crippen molar-refractivity contribution in [3.05, 3.63) is 69.3 Å². The second kappa shape index (κ2) is 7.81. The first-order valence-electron chi connectivity index (χ1n) is 10.6. The van der Waals surface area contributed by atoms with Crippen LogP contribution in [0.2, 0.25) is 0 Å². The highest BCUT2D eigenvalue weighted by atomic mass is 19.1. The Morgan fingerprint density at radius 2 is 2.17 bits per heavy atom. The fraction of sp³-hybridized carbons (Fsp3) is 0.391. The number of nitrogens with zero attached hydrogens (tertiary/aromatic N) is 2. The van der Waals surface area contributed by atoms with Crippen LogP contribution in [0.5, 0.6) is 0 Å². The average Bonchev–Trinajstić information content (AvgIpc) is 3.19. The normalized spacial score (nSPS) is 21.2. The zero-order valence-electron chi connectivity index (χ0n) is 16.8. The molecule has 7 heteroatoms. The molecule has 3 heterocycles. The highest BCUT2D eigenvalue weighted by Crippen LogP contribution is 2.29. The number of rotatable bonds is 4. The van der Waals surface area contributed by atoms with Gasteiger partial charge in [0.1, 0.15) is 5.65 Å². The number of H-pyrrole nitrogens is 1. The van der Waals surface area contributed by atoms with Gasteiger partial charge >= 0.3 is 0 Å². The van der Waals surface area contributed by atoms with Crippen molar-refractivity contribution in [1.29, 1.82) is 0 Å². The SMILES string of the molecule is NC1CCN(c2nc3[nH]cc(CNC4CCCc5ccccc54)c(=O)c3cc2F)C1. The quantitative estimate of drug-likeness (QED) is 0.619. The molecule has 5 rings (SSSR count). The zero-order valence-corrected chi connectivity index (χ0v) is 16.8. The number of pyridine rings is 2. The number of nitrogens with one attached hydrogen (secondary N) is 2. The van der Waals surface area contributed by atoms with Crippen molar-refractivity contribution >= 4 is 16.9 Å². The van der Waals surface area contributed by atoms with E-state index in [2.05, 4.69) is 39.6 Å². The number of hydrogen-bond acceptors (Lipinski definition) is 5. The van der Waals surface area contributed by atoms with Crippen molar-refractivity contribution in [3.8, 4) is 0 Å². The number of benzene rings is 1. The summed E-state index contributed by atoms with van der Waals surface area (Å²) in [6, 6.07) is 10.0. The Morgan fingerprint density at radius 1 is 1.30 bits per heavy atom. The molecule has 1 aromatic carbocycles. The molecule has 156 valence electrons. The maximum atomic E-state index is 14.7. The predicted molar refractivity (Wildman–Crippen MR) is 116 cm³/mol. The van der Waals surface area contributed by atoms with E-state index >= 15 is 0 Å². The molecule has 4 N–H and O–H groups in total. The molecular formula is C23H26FN5O. The first kappa shape index (κ1) is 19.2. The van der Waals surface area contributed by atoms with E-state index in [1.807, 2.05) is 4.90 Å². The van der Waals surface area contributed by atoms with Crippen LogP contribution in [0.25, 0.3) is 11.0 Å². The number of aryl methyl sites for hydroxylation is 1. The van der Waals surface area contributed by atoms with E-state index in [-0.39, 0.29) is 28.7 Å². The van der Waals surface area contributed by atoms with Gasteiger partial charge < -0.3 is 20.9 Å². The second-order valence-corrected chi connectivity index (χ2v) is 8.35. The Labute approximate surface area is 174 Å². The summed E-state index contributed by atoms with van der Waals surface area (Å²) in [5.74, 6) is -0.218. The first-order chi connectivity index (χ1) is 14.6. The van der Waals surface area contributed by atoms with Gasteiger partial charge in [0.2, 0.25) is 0 Å². The van der Waals surface area contributed by atoms with Crippen LogP contribution in [0.15, 0.2) is 41.3 Å². The summed E-state index contributed by atoms with van der Waals surface area (Å²) >= 11 is 0. The van der Waals surface area contributed by atoms with E-state index in [4.69, 9.17) is 5.73 Å². The standard InChI is InChI=1S/C23H26FN5O/c24-19-10-18-21(30)15(11-26-20-7-3-5-14-4-1-2-6-17(14)20)12-27-22(18)28-23(19)29-9-8-16(25)13-29/h1-2,4,6,10,12,16,20,26H,3,5,7-9,11,13,25H2,(H,27,28,30). The summed E-state index contributed by atoms with van der Waals surface area (Å²) in [4.78, 5) is 22.3. The maximum Gasteiger partial charge on any atom is 0.195 e. The molecule has 2 aliphatic rings. The molecule has 1 fully saturated rings. The van der Waals surface area contributed by atoms with Gasteiger partial charge in [-0.25, -0.2) is 9.37 Å². The molecule has 0 spiro atoms. The molecule has 3 aromatic rings. The summed E-state index contributed by atoms with van der Waals surface area (Å²) in [5.41, 5.74) is 9.42. The lowest BCUT2D eigenvalue weighted by atomic mass is 9.87. The Bertz CT molecular complexity index is 1140. The van der Waals surface area contributed by atoms with Gasteiger partial charge in [0.05, 0.1) is 5.39 Å². The van der Waals surface area contributed by atoms with Crippen molar-refractivity contribution in [1.82, 2.24) is 15.3 Å². The predicted octanol–water partition coefficient (Wildman–Crippen LogP) is 2.77. The second-order valence-electron chi connectivity index (χ2n) is 8.35. The molecule has 30 heavy (non-hydrogen) atoms. The van der Waals surface area contributed by atoms with Crippen LogP contribution in [0.4, 0.5) is 10.2 Å². The van der Waals surface area contributed by atoms with Crippen LogP contribution in [-0.2, 0) is 13.0 Å². The van der Waals surface area contributed by atoms with Gasteiger partial charge in [-0.2, -0.15) is 0 Å². The molecule has 1 saturated heterocycles. The highest BCUT2D eigenvalue weighted by molar-refractivity contribution is 5.77. The van der Waals surface area contributed by atoms with Crippen molar-refractivity contribution in [2.45, 2.75) is 44.3 Å². The van der Waals surface area contributed by atoms with Gasteiger partial charge in [-0.3, -0.25) is 4.79 Å². The van der Waals surface area contributed by atoms with Gasteiger partial charge in [0.15, 0.2) is 17.1 Å². The number of aromatic amines is 1. The van der Waals surface area contributed by atoms with Crippen LogP contribution in [-0.4, -0.2) is 29.1 Å². The van der Waals surface area contributed by atoms with E-state index in [1.54, 1.807) is 6.20 Å². The van der Waals surface area contributed by atoms with E-state index in [0.29, 0.717) is 30.8 Å². The lowest BCUT2D eigenvalue weighted by Gasteiger charge is -2.26. The van der Waals surface area contributed by atoms with Crippen LogP contribution in [0, 0.1) is 5.82 Å². The topological polar surface area (TPSA) is 87.0 Å². The van der Waals surface area contributed by atoms with Crippen LogP contribution in [0.1, 0.15) is 42.0 Å². The molecule has 2 aromatic heterocycles. The molecule has 6 nitrogen and oxygen atoms in total. The number of aromatic nitrogens is 2. The molecule has 0 saturated carbocycles. The molecule has 0 radical (unpaired) electrons. The minimum Gasteiger partial charge on any atom is -0.353 e. The van der Waals surface area contributed by atoms with E-state index in [0.717, 1.165) is 25.7 Å².